The highest BCUT2D eigenvalue weighted by Gasteiger charge is 2.25. The van der Waals surface area contributed by atoms with E-state index in [4.69, 9.17) is 4.74 Å². The molecule has 1 aliphatic heterocycles. The Balaban J connectivity index is 1.86. The van der Waals surface area contributed by atoms with Crippen molar-refractivity contribution in [2.75, 3.05) is 33.1 Å². The first kappa shape index (κ1) is 19.0. The Hall–Kier alpha value is -1.77. The molecule has 1 saturated heterocycles. The van der Waals surface area contributed by atoms with Crippen LogP contribution >= 0.6 is 0 Å². The first-order valence-corrected chi connectivity index (χ1v) is 10.5. The molecule has 1 aromatic carbocycles. The molecule has 26 heavy (non-hydrogen) atoms. The molecule has 142 valence electrons. The normalized spacial score (nSPS) is 18.5. The first-order chi connectivity index (χ1) is 12.4. The van der Waals surface area contributed by atoms with Crippen LogP contribution in [0.2, 0.25) is 0 Å². The molecule has 0 spiro atoms. The Bertz CT molecular complexity index is 866. The van der Waals surface area contributed by atoms with Gasteiger partial charge in [-0.2, -0.15) is 0 Å². The lowest BCUT2D eigenvalue weighted by Gasteiger charge is -2.18. The zero-order valence-corrected chi connectivity index (χ0v) is 15.9. The van der Waals surface area contributed by atoms with Crippen LogP contribution in [0, 0.1) is 11.7 Å². The van der Waals surface area contributed by atoms with Crippen molar-refractivity contribution in [3.8, 4) is 0 Å². The maximum absolute atomic E-state index is 14.1. The molecule has 3 rings (SSSR count). The largest absolute Gasteiger partial charge is 0.384 e. The van der Waals surface area contributed by atoms with E-state index in [1.165, 1.54) is 6.07 Å². The number of hydrogen-bond donors (Lipinski definition) is 0. The Morgan fingerprint density at radius 2 is 2.08 bits per heavy atom. The van der Waals surface area contributed by atoms with Gasteiger partial charge in [0.05, 0.1) is 25.0 Å². The molecule has 2 heterocycles. The number of hydrogen-bond acceptors (Lipinski definition) is 5. The number of methoxy groups -OCH3 is 1. The highest BCUT2D eigenvalue weighted by molar-refractivity contribution is 7.90. The fraction of sp³-hybridized carbons (Fsp3) is 0.500. The summed E-state index contributed by atoms with van der Waals surface area (Å²) >= 11 is 0. The highest BCUT2D eigenvalue weighted by atomic mass is 32.2. The molecular weight excluding hydrogens is 357 g/mol. The van der Waals surface area contributed by atoms with Crippen LogP contribution in [0.4, 0.5) is 4.39 Å². The second-order valence-electron chi connectivity index (χ2n) is 6.83. The van der Waals surface area contributed by atoms with Gasteiger partial charge in [0.2, 0.25) is 15.0 Å². The molecule has 1 atom stereocenters. The van der Waals surface area contributed by atoms with Gasteiger partial charge in [-0.05, 0) is 24.9 Å². The number of aromatic nitrogens is 2. The van der Waals surface area contributed by atoms with E-state index in [0.29, 0.717) is 18.0 Å². The topological polar surface area (TPSA) is 64.4 Å². The molecule has 0 saturated carbocycles. The van der Waals surface area contributed by atoms with Crippen LogP contribution in [-0.4, -0.2) is 55.9 Å². The molecule has 1 fully saturated rings. The number of nitrogens with zero attached hydrogens (tertiary/aromatic N) is 3. The minimum Gasteiger partial charge on any atom is -0.384 e. The van der Waals surface area contributed by atoms with Gasteiger partial charge in [0.15, 0.2) is 0 Å². The standard InChI is InChI=1S/C18H24FN3O3S/c1-25-13-14-7-8-21(10-14)12-16-9-20-18(26(2,23)24)22(16)11-15-5-3-4-6-17(15)19/h3-6,9,14H,7-8,10-13H2,1-2H3. The van der Waals surface area contributed by atoms with Gasteiger partial charge in [0, 0.05) is 32.0 Å². The number of likely N-dealkylation sites (tertiary alicyclic amines) is 1. The summed E-state index contributed by atoms with van der Waals surface area (Å²) in [6.45, 7) is 3.26. The second-order valence-corrected chi connectivity index (χ2v) is 8.74. The maximum Gasteiger partial charge on any atom is 0.227 e. The van der Waals surface area contributed by atoms with E-state index in [1.54, 1.807) is 36.1 Å². The third-order valence-corrected chi connectivity index (χ3v) is 5.67. The molecule has 0 N–H and O–H groups in total. The fourth-order valence-electron chi connectivity index (χ4n) is 3.44. The minimum atomic E-state index is -3.51. The quantitative estimate of drug-likeness (QED) is 0.733. The molecule has 6 nitrogen and oxygen atoms in total. The lowest BCUT2D eigenvalue weighted by Crippen LogP contribution is -2.24. The SMILES string of the molecule is COCC1CCN(Cc2cnc(S(C)(=O)=O)n2Cc2ccccc2F)C1. The third kappa shape index (κ3) is 4.31. The Kier molecular flexibility index (Phi) is 5.74. The van der Waals surface area contributed by atoms with Crippen molar-refractivity contribution in [1.29, 1.82) is 0 Å². The van der Waals surface area contributed by atoms with Crippen molar-refractivity contribution in [2.24, 2.45) is 5.92 Å². The van der Waals surface area contributed by atoms with Crippen molar-refractivity contribution < 1.29 is 17.5 Å². The Morgan fingerprint density at radius 1 is 1.31 bits per heavy atom. The second kappa shape index (κ2) is 7.85. The summed E-state index contributed by atoms with van der Waals surface area (Å²) in [7, 11) is -1.81. The number of halogens is 1. The number of benzene rings is 1. The summed E-state index contributed by atoms with van der Waals surface area (Å²) in [5, 5.41) is -0.0246. The molecular formula is C18H24FN3O3S. The van der Waals surface area contributed by atoms with Gasteiger partial charge < -0.3 is 9.30 Å². The fourth-order valence-corrected chi connectivity index (χ4v) is 4.26. The van der Waals surface area contributed by atoms with Crippen LogP contribution in [0.25, 0.3) is 0 Å². The molecule has 0 amide bonds. The number of rotatable bonds is 7. The zero-order valence-electron chi connectivity index (χ0n) is 15.1. The summed E-state index contributed by atoms with van der Waals surface area (Å²) in [5.74, 6) is 0.130. The van der Waals surface area contributed by atoms with Gasteiger partial charge in [-0.25, -0.2) is 17.8 Å². The summed E-state index contributed by atoms with van der Waals surface area (Å²) in [4.78, 5) is 6.37. The smallest absolute Gasteiger partial charge is 0.227 e. The average molecular weight is 381 g/mol. The van der Waals surface area contributed by atoms with E-state index in [9.17, 15) is 12.8 Å². The number of imidazole rings is 1. The first-order valence-electron chi connectivity index (χ1n) is 8.57. The van der Waals surface area contributed by atoms with Gasteiger partial charge in [0.1, 0.15) is 5.82 Å². The highest BCUT2D eigenvalue weighted by Crippen LogP contribution is 2.22. The summed E-state index contributed by atoms with van der Waals surface area (Å²) in [6.07, 6.45) is 3.76. The van der Waals surface area contributed by atoms with E-state index in [0.717, 1.165) is 38.1 Å². The third-order valence-electron chi connectivity index (χ3n) is 4.68. The molecule has 8 heteroatoms. The number of sulfone groups is 1. The molecule has 1 aromatic heterocycles. The Morgan fingerprint density at radius 3 is 2.77 bits per heavy atom. The van der Waals surface area contributed by atoms with Gasteiger partial charge in [-0.3, -0.25) is 4.90 Å². The van der Waals surface area contributed by atoms with Crippen LogP contribution in [0.3, 0.4) is 0 Å². The van der Waals surface area contributed by atoms with Crippen LogP contribution < -0.4 is 0 Å². The average Bonchev–Trinajstić information content (AvgIpc) is 3.17. The zero-order chi connectivity index (χ0) is 18.7. The lowest BCUT2D eigenvalue weighted by molar-refractivity contribution is 0.152. The van der Waals surface area contributed by atoms with Crippen molar-refractivity contribution >= 4 is 9.84 Å². The molecule has 1 unspecified atom stereocenters. The number of ether oxygens (including phenoxy) is 1. The molecule has 0 aliphatic carbocycles. The minimum absolute atomic E-state index is 0.0246. The molecule has 2 aromatic rings. The molecule has 0 bridgehead atoms. The maximum atomic E-state index is 14.1. The van der Waals surface area contributed by atoms with E-state index >= 15 is 0 Å². The van der Waals surface area contributed by atoms with Crippen LogP contribution in [0.15, 0.2) is 35.6 Å². The predicted octanol–water partition coefficient (Wildman–Crippen LogP) is 1.94. The van der Waals surface area contributed by atoms with Gasteiger partial charge in [-0.1, -0.05) is 18.2 Å². The summed E-state index contributed by atoms with van der Waals surface area (Å²) in [5.41, 5.74) is 1.21. The van der Waals surface area contributed by atoms with Gasteiger partial charge in [0.25, 0.3) is 0 Å². The molecule has 1 aliphatic rings. The molecule has 0 radical (unpaired) electrons. The summed E-state index contributed by atoms with van der Waals surface area (Å²) in [6, 6.07) is 6.40. The summed E-state index contributed by atoms with van der Waals surface area (Å²) < 4.78 is 45.1. The van der Waals surface area contributed by atoms with E-state index in [-0.39, 0.29) is 17.5 Å². The van der Waals surface area contributed by atoms with Crippen LogP contribution in [0.1, 0.15) is 17.7 Å². The van der Waals surface area contributed by atoms with E-state index in [1.807, 2.05) is 0 Å². The Labute approximate surface area is 153 Å². The van der Waals surface area contributed by atoms with Crippen LogP contribution in [0.5, 0.6) is 0 Å². The van der Waals surface area contributed by atoms with Crippen molar-refractivity contribution in [2.45, 2.75) is 24.7 Å². The lowest BCUT2D eigenvalue weighted by atomic mass is 10.1. The van der Waals surface area contributed by atoms with Crippen molar-refractivity contribution in [3.05, 3.63) is 47.5 Å². The van der Waals surface area contributed by atoms with Gasteiger partial charge in [-0.15, -0.1) is 0 Å². The van der Waals surface area contributed by atoms with Gasteiger partial charge >= 0.3 is 0 Å². The van der Waals surface area contributed by atoms with Crippen molar-refractivity contribution in [1.82, 2.24) is 14.5 Å². The van der Waals surface area contributed by atoms with E-state index in [2.05, 4.69) is 9.88 Å². The van der Waals surface area contributed by atoms with Crippen molar-refractivity contribution in [3.63, 3.8) is 0 Å². The van der Waals surface area contributed by atoms with Crippen LogP contribution in [-0.2, 0) is 27.7 Å². The van der Waals surface area contributed by atoms with E-state index < -0.39 is 9.84 Å². The predicted molar refractivity (Wildman–Crippen MR) is 96.1 cm³/mol. The monoisotopic (exact) mass is 381 g/mol.